The first kappa shape index (κ1) is 19.5. The van der Waals surface area contributed by atoms with Gasteiger partial charge in [-0.2, -0.15) is 0 Å². The molecule has 26 heavy (non-hydrogen) atoms. The molecule has 0 bridgehead atoms. The lowest BCUT2D eigenvalue weighted by atomic mass is 10.2. The summed E-state index contributed by atoms with van der Waals surface area (Å²) in [7, 11) is 1.76. The fourth-order valence-electron chi connectivity index (χ4n) is 2.56. The Morgan fingerprint density at radius 3 is 2.42 bits per heavy atom. The van der Waals surface area contributed by atoms with Crippen LogP contribution in [0.3, 0.4) is 0 Å². The number of hydrogen-bond acceptors (Lipinski definition) is 3. The number of hydrogen-bond donors (Lipinski definition) is 2. The molecule has 5 heteroatoms. The number of rotatable bonds is 9. The minimum absolute atomic E-state index is 0.0236. The van der Waals surface area contributed by atoms with Crippen LogP contribution >= 0.6 is 0 Å². The lowest BCUT2D eigenvalue weighted by Gasteiger charge is -2.18. The van der Waals surface area contributed by atoms with Crippen molar-refractivity contribution in [3.05, 3.63) is 54.6 Å². The highest BCUT2D eigenvalue weighted by Crippen LogP contribution is 2.16. The Hall–Kier alpha value is -2.82. The largest absolute Gasteiger partial charge is 0.376 e. The molecule has 2 rings (SSSR count). The van der Waals surface area contributed by atoms with Gasteiger partial charge in [0.15, 0.2) is 0 Å². The van der Waals surface area contributed by atoms with E-state index in [4.69, 9.17) is 0 Å². The Morgan fingerprint density at radius 1 is 0.962 bits per heavy atom. The number of amides is 2. The smallest absolute Gasteiger partial charge is 0.246 e. The third-order valence-electron chi connectivity index (χ3n) is 4.12. The Bertz CT molecular complexity index is 716. The van der Waals surface area contributed by atoms with E-state index in [9.17, 15) is 9.59 Å². The van der Waals surface area contributed by atoms with Crippen LogP contribution in [-0.2, 0) is 9.59 Å². The minimum atomic E-state index is -0.0368. The Balaban J connectivity index is 1.86. The van der Waals surface area contributed by atoms with E-state index < -0.39 is 0 Å². The van der Waals surface area contributed by atoms with Gasteiger partial charge < -0.3 is 15.5 Å². The van der Waals surface area contributed by atoms with Crippen LogP contribution in [0, 0.1) is 0 Å². The highest BCUT2D eigenvalue weighted by molar-refractivity contribution is 5.96. The maximum Gasteiger partial charge on any atom is 0.246 e. The van der Waals surface area contributed by atoms with Crippen LogP contribution in [0.5, 0.6) is 0 Å². The number of unbranched alkanes of at least 4 members (excludes halogenated alkanes) is 2. The van der Waals surface area contributed by atoms with Crippen LogP contribution in [-0.4, -0.2) is 25.4 Å². The molecule has 0 atom stereocenters. The van der Waals surface area contributed by atoms with Crippen molar-refractivity contribution in [1.82, 2.24) is 0 Å². The van der Waals surface area contributed by atoms with Crippen LogP contribution in [0.1, 0.15) is 32.6 Å². The zero-order valence-electron chi connectivity index (χ0n) is 15.5. The van der Waals surface area contributed by atoms with Gasteiger partial charge in [-0.25, -0.2) is 0 Å². The molecule has 0 aliphatic rings. The Kier molecular flexibility index (Phi) is 7.68. The van der Waals surface area contributed by atoms with Crippen LogP contribution in [0.2, 0.25) is 0 Å². The number of benzene rings is 2. The van der Waals surface area contributed by atoms with Crippen molar-refractivity contribution in [1.29, 1.82) is 0 Å². The van der Waals surface area contributed by atoms with Gasteiger partial charge in [-0.15, -0.1) is 0 Å². The summed E-state index contributed by atoms with van der Waals surface area (Å²) in [6.45, 7) is 2.29. The van der Waals surface area contributed by atoms with E-state index in [1.54, 1.807) is 11.9 Å². The predicted octanol–water partition coefficient (Wildman–Crippen LogP) is 4.28. The van der Waals surface area contributed by atoms with E-state index in [2.05, 4.69) is 17.6 Å². The lowest BCUT2D eigenvalue weighted by molar-refractivity contribution is -0.117. The van der Waals surface area contributed by atoms with Gasteiger partial charge in [-0.1, -0.05) is 44.0 Å². The molecule has 0 saturated heterocycles. The summed E-state index contributed by atoms with van der Waals surface area (Å²) in [5, 5.41) is 6.02. The fraction of sp³-hybridized carbons (Fsp3) is 0.333. The first-order chi connectivity index (χ1) is 12.6. The Morgan fingerprint density at radius 2 is 1.69 bits per heavy atom. The molecule has 0 aromatic heterocycles. The summed E-state index contributed by atoms with van der Waals surface area (Å²) in [6, 6.07) is 16.9. The van der Waals surface area contributed by atoms with Crippen molar-refractivity contribution < 1.29 is 9.59 Å². The van der Waals surface area contributed by atoms with E-state index in [0.29, 0.717) is 6.42 Å². The second kappa shape index (κ2) is 10.2. The number of carbonyl (C=O) groups excluding carboxylic acids is 2. The number of nitrogens with one attached hydrogen (secondary N) is 2. The monoisotopic (exact) mass is 353 g/mol. The quantitative estimate of drug-likeness (QED) is 0.662. The summed E-state index contributed by atoms with van der Waals surface area (Å²) in [5.74, 6) is -0.0132. The number of nitrogens with zero attached hydrogens (tertiary/aromatic N) is 1. The maximum absolute atomic E-state index is 12.3. The minimum Gasteiger partial charge on any atom is -0.376 e. The molecule has 0 fully saturated rings. The molecule has 2 aromatic carbocycles. The zero-order chi connectivity index (χ0) is 18.8. The van der Waals surface area contributed by atoms with Crippen molar-refractivity contribution in [2.45, 2.75) is 32.6 Å². The van der Waals surface area contributed by atoms with Gasteiger partial charge in [-0.3, -0.25) is 9.59 Å². The molecule has 0 spiro atoms. The third kappa shape index (κ3) is 6.24. The summed E-state index contributed by atoms with van der Waals surface area (Å²) in [6.07, 6.45) is 3.59. The highest BCUT2D eigenvalue weighted by Gasteiger charge is 2.10. The molecular formula is C21H27N3O2. The van der Waals surface area contributed by atoms with Crippen LogP contribution in [0.25, 0.3) is 0 Å². The van der Waals surface area contributed by atoms with E-state index in [-0.39, 0.29) is 18.4 Å². The molecule has 0 saturated carbocycles. The van der Waals surface area contributed by atoms with Gasteiger partial charge in [-0.05, 0) is 36.8 Å². The maximum atomic E-state index is 12.3. The van der Waals surface area contributed by atoms with E-state index in [1.807, 2.05) is 54.6 Å². The second-order valence-electron chi connectivity index (χ2n) is 6.23. The summed E-state index contributed by atoms with van der Waals surface area (Å²) in [4.78, 5) is 25.9. The average Bonchev–Trinajstić information content (AvgIpc) is 2.66. The molecule has 0 unspecified atom stereocenters. The number of anilines is 3. The fourth-order valence-corrected chi connectivity index (χ4v) is 2.56. The molecule has 0 heterocycles. The summed E-state index contributed by atoms with van der Waals surface area (Å²) in [5.41, 5.74) is 2.39. The molecule has 0 radical (unpaired) electrons. The summed E-state index contributed by atoms with van der Waals surface area (Å²) < 4.78 is 0. The number of likely N-dealkylation sites (N-methyl/N-ethyl adjacent to an activating group) is 1. The van der Waals surface area contributed by atoms with Crippen molar-refractivity contribution in [2.75, 3.05) is 29.1 Å². The molecule has 0 aliphatic heterocycles. The van der Waals surface area contributed by atoms with E-state index >= 15 is 0 Å². The van der Waals surface area contributed by atoms with Gasteiger partial charge in [0.1, 0.15) is 0 Å². The van der Waals surface area contributed by atoms with Crippen molar-refractivity contribution in [2.24, 2.45) is 0 Å². The molecule has 5 nitrogen and oxygen atoms in total. The molecule has 2 aromatic rings. The second-order valence-corrected chi connectivity index (χ2v) is 6.23. The van der Waals surface area contributed by atoms with Gasteiger partial charge >= 0.3 is 0 Å². The van der Waals surface area contributed by atoms with Crippen molar-refractivity contribution >= 4 is 28.9 Å². The molecule has 0 aliphatic carbocycles. The summed E-state index contributed by atoms with van der Waals surface area (Å²) >= 11 is 0. The SMILES string of the molecule is CCCCCC(=O)Nc1cccc(NCC(=O)N(C)c2ccccc2)c1. The van der Waals surface area contributed by atoms with Gasteiger partial charge in [0.05, 0.1) is 6.54 Å². The Labute approximate surface area is 155 Å². The first-order valence-corrected chi connectivity index (χ1v) is 9.05. The highest BCUT2D eigenvalue weighted by atomic mass is 16.2. The van der Waals surface area contributed by atoms with Gasteiger partial charge in [0.25, 0.3) is 0 Å². The molecule has 2 N–H and O–H groups in total. The normalized spacial score (nSPS) is 10.2. The zero-order valence-corrected chi connectivity index (χ0v) is 15.5. The lowest BCUT2D eigenvalue weighted by Crippen LogP contribution is -2.32. The van der Waals surface area contributed by atoms with E-state index in [0.717, 1.165) is 36.3 Å². The standard InChI is InChI=1S/C21H27N3O2/c1-3-4-6-14-20(25)23-18-11-9-10-17(15-18)22-16-21(26)24(2)19-12-7-5-8-13-19/h5,7-13,15,22H,3-4,6,14,16H2,1-2H3,(H,23,25). The van der Waals surface area contributed by atoms with Gasteiger partial charge in [0, 0.05) is 30.5 Å². The first-order valence-electron chi connectivity index (χ1n) is 9.05. The third-order valence-corrected chi connectivity index (χ3v) is 4.12. The van der Waals surface area contributed by atoms with Crippen molar-refractivity contribution in [3.8, 4) is 0 Å². The van der Waals surface area contributed by atoms with Crippen molar-refractivity contribution in [3.63, 3.8) is 0 Å². The average molecular weight is 353 g/mol. The van der Waals surface area contributed by atoms with Gasteiger partial charge in [0.2, 0.25) is 11.8 Å². The predicted molar refractivity (Wildman–Crippen MR) is 108 cm³/mol. The topological polar surface area (TPSA) is 61.4 Å². The van der Waals surface area contributed by atoms with Crippen LogP contribution in [0.4, 0.5) is 17.1 Å². The van der Waals surface area contributed by atoms with E-state index in [1.165, 1.54) is 0 Å². The number of para-hydroxylation sites is 1. The van der Waals surface area contributed by atoms with Crippen LogP contribution in [0.15, 0.2) is 54.6 Å². The number of carbonyl (C=O) groups is 2. The van der Waals surface area contributed by atoms with Crippen LogP contribution < -0.4 is 15.5 Å². The molecule has 2 amide bonds. The molecular weight excluding hydrogens is 326 g/mol. The molecule has 138 valence electrons.